The zero-order valence-electron chi connectivity index (χ0n) is 32.8. The molecule has 0 fully saturated rings. The van der Waals surface area contributed by atoms with Crippen LogP contribution in [0.4, 0.5) is 0 Å². The molecule has 0 unspecified atom stereocenters. The Balaban J connectivity index is 1.04. The second-order valence-electron chi connectivity index (χ2n) is 15.9. The number of nitrogens with zero attached hydrogens (tertiary/aromatic N) is 4. The van der Waals surface area contributed by atoms with Crippen molar-refractivity contribution in [1.29, 1.82) is 0 Å². The number of benzene rings is 9. The van der Waals surface area contributed by atoms with Gasteiger partial charge in [-0.05, 0) is 71.4 Å². The summed E-state index contributed by atoms with van der Waals surface area (Å²) < 4.78 is 14.2. The van der Waals surface area contributed by atoms with Crippen LogP contribution in [0, 0.1) is 0 Å². The van der Waals surface area contributed by atoms with Crippen molar-refractivity contribution in [3.8, 4) is 39.9 Å². The van der Waals surface area contributed by atoms with Gasteiger partial charge in [0.1, 0.15) is 5.58 Å². The average molecular weight is 827 g/mol. The minimum Gasteiger partial charge on any atom is -0.454 e. The second kappa shape index (κ2) is 12.9. The lowest BCUT2D eigenvalue weighted by Gasteiger charge is -2.13. The van der Waals surface area contributed by atoms with Gasteiger partial charge in [0.2, 0.25) is 0 Å². The maximum atomic E-state index is 6.95. The van der Waals surface area contributed by atoms with Crippen LogP contribution in [0.25, 0.3) is 135 Å². The summed E-state index contributed by atoms with van der Waals surface area (Å²) in [5, 5.41) is 11.8. The summed E-state index contributed by atoms with van der Waals surface area (Å²) in [4.78, 5) is 16.0. The van der Waals surface area contributed by atoms with Crippen molar-refractivity contribution in [2.24, 2.45) is 0 Å². The summed E-state index contributed by atoms with van der Waals surface area (Å²) in [7, 11) is 0. The van der Waals surface area contributed by atoms with Gasteiger partial charge < -0.3 is 8.98 Å². The molecular weight excluding hydrogens is 797 g/mol. The van der Waals surface area contributed by atoms with Crippen LogP contribution in [0.2, 0.25) is 0 Å². The van der Waals surface area contributed by atoms with E-state index in [2.05, 4.69) is 174 Å². The van der Waals surface area contributed by atoms with E-state index in [9.17, 15) is 0 Å². The maximum Gasteiger partial charge on any atom is 0.164 e. The van der Waals surface area contributed by atoms with E-state index in [4.69, 9.17) is 19.4 Å². The minimum atomic E-state index is 0.592. The van der Waals surface area contributed by atoms with Gasteiger partial charge in [0.05, 0.1) is 16.7 Å². The van der Waals surface area contributed by atoms with Crippen LogP contribution in [-0.4, -0.2) is 19.5 Å². The standard InChI is InChI=1S/C55H30N4OS2/c1-2-12-32-28-45-42(27-31(32)11-1)35-13-3-7-17-43(35)59(45)44-26-25-41(51-40-16-4-8-18-46(40)60-52(44)51)55-57-53(33-21-23-38-36-14-5-9-19-47(36)61-49(38)29-33)56-54(58-55)34-22-24-39-37-15-6-10-20-48(37)62-50(39)30-34/h1-30H. The number of fused-ring (bicyclic) bond motifs is 13. The van der Waals surface area contributed by atoms with E-state index in [0.29, 0.717) is 17.5 Å². The Kier molecular flexibility index (Phi) is 7.08. The third-order valence-corrected chi connectivity index (χ3v) is 14.7. The van der Waals surface area contributed by atoms with Gasteiger partial charge in [0, 0.05) is 78.6 Å². The average Bonchev–Trinajstić information content (AvgIpc) is 4.09. The SMILES string of the molecule is c1ccc2cc3c(cc2c1)c1ccccc1n3-c1ccc(-c2nc(-c3ccc4c(c3)sc3ccccc34)nc(-c3ccc4c(c3)sc3ccccc34)n2)c2c1oc1ccccc12. The molecule has 0 N–H and O–H groups in total. The lowest BCUT2D eigenvalue weighted by atomic mass is 10.0. The molecule has 288 valence electrons. The van der Waals surface area contributed by atoms with Crippen molar-refractivity contribution in [3.05, 3.63) is 182 Å². The van der Waals surface area contributed by atoms with Gasteiger partial charge in [-0.15, -0.1) is 22.7 Å². The lowest BCUT2D eigenvalue weighted by molar-refractivity contribution is 0.666. The van der Waals surface area contributed by atoms with Gasteiger partial charge in [-0.3, -0.25) is 0 Å². The van der Waals surface area contributed by atoms with Gasteiger partial charge in [0.25, 0.3) is 0 Å². The Morgan fingerprint density at radius 2 is 0.935 bits per heavy atom. The fourth-order valence-electron chi connectivity index (χ4n) is 9.58. The van der Waals surface area contributed by atoms with Crippen molar-refractivity contribution in [3.63, 3.8) is 0 Å². The molecule has 0 saturated heterocycles. The predicted octanol–water partition coefficient (Wildman–Crippen LogP) is 15.8. The highest BCUT2D eigenvalue weighted by atomic mass is 32.1. The molecule has 0 spiro atoms. The first-order valence-electron chi connectivity index (χ1n) is 20.7. The number of para-hydroxylation sites is 2. The monoisotopic (exact) mass is 826 g/mol. The highest BCUT2D eigenvalue weighted by Gasteiger charge is 2.23. The first-order valence-corrected chi connectivity index (χ1v) is 22.3. The van der Waals surface area contributed by atoms with Crippen LogP contribution in [0.3, 0.4) is 0 Å². The molecule has 14 rings (SSSR count). The molecule has 9 aromatic carbocycles. The molecular formula is C55H30N4OS2. The summed E-state index contributed by atoms with van der Waals surface area (Å²) in [6, 6.07) is 64.9. The Morgan fingerprint density at radius 1 is 0.387 bits per heavy atom. The van der Waals surface area contributed by atoms with Crippen LogP contribution in [-0.2, 0) is 0 Å². The highest BCUT2D eigenvalue weighted by Crippen LogP contribution is 2.44. The Hall–Kier alpha value is -7.71. The van der Waals surface area contributed by atoms with Gasteiger partial charge in [0.15, 0.2) is 23.1 Å². The van der Waals surface area contributed by atoms with Crippen LogP contribution >= 0.6 is 22.7 Å². The van der Waals surface area contributed by atoms with Crippen molar-refractivity contribution in [1.82, 2.24) is 19.5 Å². The van der Waals surface area contributed by atoms with E-state index in [1.54, 1.807) is 22.7 Å². The summed E-state index contributed by atoms with van der Waals surface area (Å²) in [6.45, 7) is 0. The Labute approximate surface area is 361 Å². The van der Waals surface area contributed by atoms with E-state index in [1.807, 2.05) is 12.1 Å². The van der Waals surface area contributed by atoms with Crippen LogP contribution < -0.4 is 0 Å². The third-order valence-electron chi connectivity index (χ3n) is 12.4. The molecule has 0 saturated carbocycles. The molecule has 0 bridgehead atoms. The number of hydrogen-bond donors (Lipinski definition) is 0. The summed E-state index contributed by atoms with van der Waals surface area (Å²) >= 11 is 3.59. The molecule has 0 aliphatic carbocycles. The summed E-state index contributed by atoms with van der Waals surface area (Å²) in [6.07, 6.45) is 0. The molecule has 0 atom stereocenters. The maximum absolute atomic E-state index is 6.95. The Morgan fingerprint density at radius 3 is 1.63 bits per heavy atom. The molecule has 5 heterocycles. The largest absolute Gasteiger partial charge is 0.454 e. The lowest BCUT2D eigenvalue weighted by Crippen LogP contribution is -2.01. The van der Waals surface area contributed by atoms with Crippen molar-refractivity contribution in [2.45, 2.75) is 0 Å². The van der Waals surface area contributed by atoms with Crippen molar-refractivity contribution in [2.75, 3.05) is 0 Å². The smallest absolute Gasteiger partial charge is 0.164 e. The fraction of sp³-hybridized carbons (Fsp3) is 0. The molecule has 0 aliphatic heterocycles. The number of rotatable bonds is 4. The van der Waals surface area contributed by atoms with Crippen LogP contribution in [0.5, 0.6) is 0 Å². The van der Waals surface area contributed by atoms with Crippen molar-refractivity contribution >= 4 is 118 Å². The number of furan rings is 1. The fourth-order valence-corrected chi connectivity index (χ4v) is 11.9. The third kappa shape index (κ3) is 4.97. The van der Waals surface area contributed by atoms with E-state index >= 15 is 0 Å². The molecule has 0 amide bonds. The zero-order valence-corrected chi connectivity index (χ0v) is 34.5. The van der Waals surface area contributed by atoms with Crippen molar-refractivity contribution < 1.29 is 4.42 Å². The van der Waals surface area contributed by atoms with E-state index in [0.717, 1.165) is 55.3 Å². The summed E-state index contributed by atoms with van der Waals surface area (Å²) in [5.41, 5.74) is 7.56. The van der Waals surface area contributed by atoms with Gasteiger partial charge in [-0.2, -0.15) is 0 Å². The quantitative estimate of drug-likeness (QED) is 0.177. The van der Waals surface area contributed by atoms with E-state index in [1.165, 1.54) is 61.9 Å². The molecule has 7 heteroatoms. The Bertz CT molecular complexity index is 4060. The topological polar surface area (TPSA) is 56.7 Å². The van der Waals surface area contributed by atoms with Crippen LogP contribution in [0.1, 0.15) is 0 Å². The van der Waals surface area contributed by atoms with Crippen LogP contribution in [0.15, 0.2) is 186 Å². The molecule has 5 nitrogen and oxygen atoms in total. The number of aromatic nitrogens is 4. The van der Waals surface area contributed by atoms with Gasteiger partial charge >= 0.3 is 0 Å². The highest BCUT2D eigenvalue weighted by molar-refractivity contribution is 7.26. The minimum absolute atomic E-state index is 0.592. The normalized spacial score (nSPS) is 12.2. The zero-order chi connectivity index (χ0) is 40.5. The number of hydrogen-bond acceptors (Lipinski definition) is 6. The first-order chi connectivity index (χ1) is 30.7. The molecule has 0 aliphatic rings. The first kappa shape index (κ1) is 34.0. The van der Waals surface area contributed by atoms with E-state index < -0.39 is 0 Å². The number of thiophene rings is 2. The molecule has 62 heavy (non-hydrogen) atoms. The van der Waals surface area contributed by atoms with E-state index in [-0.39, 0.29) is 0 Å². The molecule has 14 aromatic rings. The summed E-state index contributed by atoms with van der Waals surface area (Å²) in [5.74, 6) is 1.84. The molecule has 0 radical (unpaired) electrons. The second-order valence-corrected chi connectivity index (χ2v) is 18.1. The van der Waals surface area contributed by atoms with Gasteiger partial charge in [-0.1, -0.05) is 121 Å². The predicted molar refractivity (Wildman–Crippen MR) is 261 cm³/mol. The molecule has 5 aromatic heterocycles. The van der Waals surface area contributed by atoms with Gasteiger partial charge in [-0.25, -0.2) is 15.0 Å².